The first-order chi connectivity index (χ1) is 21.0. The second-order valence-electron chi connectivity index (χ2n) is 12.5. The lowest BCUT2D eigenvalue weighted by atomic mass is 9.87. The van der Waals surface area contributed by atoms with Crippen LogP contribution in [0.15, 0.2) is 65.8 Å². The van der Waals surface area contributed by atoms with Crippen LogP contribution in [-0.2, 0) is 21.2 Å². The highest BCUT2D eigenvalue weighted by Gasteiger charge is 2.49. The molecule has 240 valence electrons. The van der Waals surface area contributed by atoms with E-state index < -0.39 is 49.8 Å². The monoisotopic (exact) mass is 648 g/mol. The summed E-state index contributed by atoms with van der Waals surface area (Å²) < 4.78 is 85.1. The normalized spacial score (nSPS) is 21.2. The average molecular weight is 649 g/mol. The molecule has 0 aliphatic heterocycles. The van der Waals surface area contributed by atoms with Crippen molar-refractivity contribution in [3.8, 4) is 16.9 Å². The van der Waals surface area contributed by atoms with Crippen LogP contribution in [0.2, 0.25) is 0 Å². The molecule has 3 aromatic rings. The number of nitrogens with one attached hydrogen (secondary N) is 2. The first kappa shape index (κ1) is 32.2. The zero-order chi connectivity index (χ0) is 32.9. The van der Waals surface area contributed by atoms with Gasteiger partial charge in [0.05, 0.1) is 29.7 Å². The van der Waals surface area contributed by atoms with Gasteiger partial charge in [0, 0.05) is 41.7 Å². The van der Waals surface area contributed by atoms with E-state index in [2.05, 4.69) is 15.7 Å². The molecule has 2 aliphatic carbocycles. The van der Waals surface area contributed by atoms with Gasteiger partial charge in [-0.2, -0.15) is 18.3 Å². The molecule has 0 spiro atoms. The number of nitrogens with zero attached hydrogens (tertiary/aromatic N) is 2. The van der Waals surface area contributed by atoms with E-state index in [-0.39, 0.29) is 39.8 Å². The predicted molar refractivity (Wildman–Crippen MR) is 157 cm³/mol. The van der Waals surface area contributed by atoms with Crippen LogP contribution < -0.4 is 15.4 Å². The average Bonchev–Trinajstić information content (AvgIpc) is 3.68. The summed E-state index contributed by atoms with van der Waals surface area (Å²) in [5, 5.41) is 9.72. The standard InChI is InChI=1S/C31H32F4N4O5S/c1-30(2,3)16-39-15-19(14-36-39)22-12-23(25(44-4)13-24(22)32)28(40)38-27-18-9-8-17(10-18)26(27)29(41)37-20-6-5-7-21(11-20)45(42,43)31(33,34)35/h5-9,11-15,17-18,26-27H,10,16H2,1-4H3,(H,37,41)(H,38,40)/t17-,18+,26+,27-/m1/s1. The molecule has 5 rings (SSSR count). The maximum absolute atomic E-state index is 15.2. The van der Waals surface area contributed by atoms with Crippen LogP contribution in [0.25, 0.3) is 11.1 Å². The summed E-state index contributed by atoms with van der Waals surface area (Å²) >= 11 is 0. The summed E-state index contributed by atoms with van der Waals surface area (Å²) in [5.74, 6) is -3.15. The van der Waals surface area contributed by atoms with Crippen molar-refractivity contribution in [2.45, 2.75) is 50.2 Å². The van der Waals surface area contributed by atoms with Gasteiger partial charge in [-0.15, -0.1) is 0 Å². The van der Waals surface area contributed by atoms with Gasteiger partial charge < -0.3 is 15.4 Å². The number of carbonyl (C=O) groups is 2. The van der Waals surface area contributed by atoms with Crippen LogP contribution in [0.4, 0.5) is 23.2 Å². The zero-order valence-corrected chi connectivity index (χ0v) is 25.7. The zero-order valence-electron chi connectivity index (χ0n) is 24.9. The Balaban J connectivity index is 1.39. The van der Waals surface area contributed by atoms with E-state index in [1.54, 1.807) is 10.9 Å². The molecule has 2 aliphatic rings. The SMILES string of the molecule is COc1cc(F)c(-c2cnn(CC(C)(C)C)c2)cc1C(=O)N[C@H]1[C@@H](C(=O)Nc2cccc(S(=O)(=O)C(F)(F)F)c2)[C@@H]2C=C[C@H]1C2. The van der Waals surface area contributed by atoms with Gasteiger partial charge in [0.1, 0.15) is 11.6 Å². The van der Waals surface area contributed by atoms with Gasteiger partial charge in [-0.1, -0.05) is 39.0 Å². The van der Waals surface area contributed by atoms with E-state index in [4.69, 9.17) is 4.74 Å². The lowest BCUT2D eigenvalue weighted by molar-refractivity contribution is -0.121. The van der Waals surface area contributed by atoms with E-state index in [0.29, 0.717) is 18.5 Å². The van der Waals surface area contributed by atoms with Crippen molar-refractivity contribution in [3.63, 3.8) is 0 Å². The number of alkyl halides is 3. The summed E-state index contributed by atoms with van der Waals surface area (Å²) in [6, 6.07) is 5.68. The summed E-state index contributed by atoms with van der Waals surface area (Å²) in [6.07, 6.45) is 7.47. The van der Waals surface area contributed by atoms with Crippen molar-refractivity contribution in [3.05, 3.63) is 72.3 Å². The Hall–Kier alpha value is -4.20. The first-order valence-electron chi connectivity index (χ1n) is 14.1. The maximum atomic E-state index is 15.2. The van der Waals surface area contributed by atoms with Crippen LogP contribution in [0, 0.1) is 29.0 Å². The third-order valence-corrected chi connectivity index (χ3v) is 9.37. The molecule has 1 heterocycles. The number of allylic oxidation sites excluding steroid dienone is 1. The van der Waals surface area contributed by atoms with E-state index in [0.717, 1.165) is 24.3 Å². The number of amides is 2. The van der Waals surface area contributed by atoms with Crippen molar-refractivity contribution >= 4 is 27.3 Å². The molecular weight excluding hydrogens is 616 g/mol. The minimum absolute atomic E-state index is 0.0155. The van der Waals surface area contributed by atoms with E-state index in [1.165, 1.54) is 25.4 Å². The number of aromatic nitrogens is 2. The molecule has 0 unspecified atom stereocenters. The van der Waals surface area contributed by atoms with Crippen molar-refractivity contribution in [1.82, 2.24) is 15.1 Å². The summed E-state index contributed by atoms with van der Waals surface area (Å²) in [7, 11) is -4.32. The minimum atomic E-state index is -5.62. The Morgan fingerprint density at radius 3 is 2.47 bits per heavy atom. The number of benzene rings is 2. The van der Waals surface area contributed by atoms with Crippen molar-refractivity contribution in [2.24, 2.45) is 23.2 Å². The van der Waals surface area contributed by atoms with Crippen molar-refractivity contribution in [1.29, 1.82) is 0 Å². The van der Waals surface area contributed by atoms with E-state index in [1.807, 2.05) is 32.9 Å². The first-order valence-corrected chi connectivity index (χ1v) is 15.6. The predicted octanol–water partition coefficient (Wildman–Crippen LogP) is 5.60. The fourth-order valence-electron chi connectivity index (χ4n) is 5.90. The third-order valence-electron chi connectivity index (χ3n) is 7.89. The van der Waals surface area contributed by atoms with Gasteiger partial charge >= 0.3 is 5.51 Å². The van der Waals surface area contributed by atoms with Gasteiger partial charge in [0.25, 0.3) is 15.7 Å². The lowest BCUT2D eigenvalue weighted by Gasteiger charge is -2.28. The Morgan fingerprint density at radius 2 is 1.80 bits per heavy atom. The number of fused-ring (bicyclic) bond motifs is 2. The largest absolute Gasteiger partial charge is 0.501 e. The molecule has 1 saturated carbocycles. The number of hydrogen-bond donors (Lipinski definition) is 2. The van der Waals surface area contributed by atoms with Gasteiger partial charge in [-0.3, -0.25) is 14.3 Å². The second-order valence-corrected chi connectivity index (χ2v) is 14.4. The van der Waals surface area contributed by atoms with Crippen LogP contribution in [0.5, 0.6) is 5.75 Å². The van der Waals surface area contributed by atoms with Gasteiger partial charge in [0.2, 0.25) is 5.91 Å². The quantitative estimate of drug-likeness (QED) is 0.243. The highest BCUT2D eigenvalue weighted by atomic mass is 32.2. The Morgan fingerprint density at radius 1 is 1.09 bits per heavy atom. The highest BCUT2D eigenvalue weighted by Crippen LogP contribution is 2.45. The lowest BCUT2D eigenvalue weighted by Crippen LogP contribution is -2.47. The number of hydrogen-bond acceptors (Lipinski definition) is 6. The van der Waals surface area contributed by atoms with Gasteiger partial charge in [-0.25, -0.2) is 12.8 Å². The molecule has 0 saturated heterocycles. The molecule has 2 N–H and O–H groups in total. The Bertz CT molecular complexity index is 1780. The van der Waals surface area contributed by atoms with Crippen molar-refractivity contribution < 1.29 is 40.3 Å². The summed E-state index contributed by atoms with van der Waals surface area (Å²) in [5.41, 5.74) is -5.09. The fourth-order valence-corrected chi connectivity index (χ4v) is 6.71. The number of methoxy groups -OCH3 is 1. The number of anilines is 1. The smallest absolute Gasteiger partial charge is 0.496 e. The number of carbonyl (C=O) groups excluding carboxylic acids is 2. The summed E-state index contributed by atoms with van der Waals surface area (Å²) in [4.78, 5) is 26.1. The molecule has 0 radical (unpaired) electrons. The molecule has 14 heteroatoms. The molecule has 1 fully saturated rings. The number of sulfone groups is 1. The summed E-state index contributed by atoms with van der Waals surface area (Å²) in [6.45, 7) is 6.71. The fraction of sp³-hybridized carbons (Fsp3) is 0.387. The van der Waals surface area contributed by atoms with E-state index >= 15 is 4.39 Å². The van der Waals surface area contributed by atoms with E-state index in [9.17, 15) is 31.2 Å². The Labute approximate surface area is 257 Å². The Kier molecular flexibility index (Phi) is 8.32. The second kappa shape index (κ2) is 11.6. The maximum Gasteiger partial charge on any atom is 0.501 e. The van der Waals surface area contributed by atoms with Gasteiger partial charge in [-0.05, 0) is 47.9 Å². The highest BCUT2D eigenvalue weighted by molar-refractivity contribution is 7.92. The van der Waals surface area contributed by atoms with Crippen LogP contribution in [0.1, 0.15) is 37.6 Å². The van der Waals surface area contributed by atoms with Crippen LogP contribution in [-0.4, -0.2) is 48.7 Å². The molecular formula is C31H32F4N4O5S. The molecule has 2 bridgehead atoms. The molecule has 45 heavy (non-hydrogen) atoms. The molecule has 2 amide bonds. The van der Waals surface area contributed by atoms with Crippen molar-refractivity contribution in [2.75, 3.05) is 12.4 Å². The van der Waals surface area contributed by atoms with Crippen LogP contribution >= 0.6 is 0 Å². The number of rotatable bonds is 8. The molecule has 9 nitrogen and oxygen atoms in total. The molecule has 1 aromatic heterocycles. The molecule has 2 aromatic carbocycles. The third kappa shape index (κ3) is 6.46. The minimum Gasteiger partial charge on any atom is -0.496 e. The molecule has 4 atom stereocenters. The number of ether oxygens (including phenoxy) is 1. The topological polar surface area (TPSA) is 119 Å². The van der Waals surface area contributed by atoms with Crippen LogP contribution in [0.3, 0.4) is 0 Å². The number of halogens is 4. The van der Waals surface area contributed by atoms with Gasteiger partial charge in [0.15, 0.2) is 0 Å².